The van der Waals surface area contributed by atoms with Gasteiger partial charge in [0.2, 0.25) is 0 Å². The molecule has 1 aromatic heterocycles. The summed E-state index contributed by atoms with van der Waals surface area (Å²) in [5.74, 6) is 0. The molecule has 0 amide bonds. The highest BCUT2D eigenvalue weighted by molar-refractivity contribution is 7.09. The SMILES string of the molecule is Cc1ccccc1CCCCc1cc[c]s1. The maximum Gasteiger partial charge on any atom is 0.0445 e. The summed E-state index contributed by atoms with van der Waals surface area (Å²) in [4.78, 5) is 1.46. The first-order valence-corrected chi connectivity index (χ1v) is 6.67. The van der Waals surface area contributed by atoms with Gasteiger partial charge < -0.3 is 0 Å². The van der Waals surface area contributed by atoms with Gasteiger partial charge in [0.1, 0.15) is 0 Å². The maximum atomic E-state index is 3.14. The molecule has 2 aromatic rings. The van der Waals surface area contributed by atoms with Crippen LogP contribution in [0.2, 0.25) is 0 Å². The lowest BCUT2D eigenvalue weighted by molar-refractivity contribution is 0.738. The molecule has 0 spiro atoms. The van der Waals surface area contributed by atoms with Crippen LogP contribution >= 0.6 is 11.3 Å². The molecule has 0 bridgehead atoms. The maximum absolute atomic E-state index is 3.14. The number of hydrogen-bond acceptors (Lipinski definition) is 1. The van der Waals surface area contributed by atoms with E-state index in [2.05, 4.69) is 42.6 Å². The molecule has 0 aliphatic carbocycles. The van der Waals surface area contributed by atoms with Gasteiger partial charge in [0.25, 0.3) is 0 Å². The first-order valence-electron chi connectivity index (χ1n) is 5.85. The molecule has 83 valence electrons. The monoisotopic (exact) mass is 229 g/mol. The minimum Gasteiger partial charge on any atom is -0.139 e. The lowest BCUT2D eigenvalue weighted by atomic mass is 10.0. The second-order valence-electron chi connectivity index (χ2n) is 4.15. The second kappa shape index (κ2) is 5.86. The standard InChI is InChI=1S/C15H17S/c1-13-7-2-3-8-14(13)9-4-5-10-15-11-6-12-16-15/h2-3,6-8,11H,4-5,9-10H2,1H3. The molecule has 0 aliphatic heterocycles. The Hall–Kier alpha value is -1.08. The van der Waals surface area contributed by atoms with Gasteiger partial charge in [0.05, 0.1) is 0 Å². The first-order chi connectivity index (χ1) is 7.86. The summed E-state index contributed by atoms with van der Waals surface area (Å²) >= 11 is 1.75. The fraction of sp³-hybridized carbons (Fsp3) is 0.333. The van der Waals surface area contributed by atoms with Crippen molar-refractivity contribution in [2.45, 2.75) is 32.6 Å². The molecule has 0 aliphatic rings. The quantitative estimate of drug-likeness (QED) is 0.666. The molecule has 0 unspecified atom stereocenters. The Kier molecular flexibility index (Phi) is 4.17. The van der Waals surface area contributed by atoms with Crippen molar-refractivity contribution in [2.75, 3.05) is 0 Å². The van der Waals surface area contributed by atoms with E-state index in [0.717, 1.165) is 0 Å². The Labute approximate surface area is 102 Å². The molecule has 0 atom stereocenters. The molecule has 0 N–H and O–H groups in total. The molecule has 1 radical (unpaired) electrons. The summed E-state index contributed by atoms with van der Waals surface area (Å²) in [6.45, 7) is 2.20. The summed E-state index contributed by atoms with van der Waals surface area (Å²) in [6.07, 6.45) is 4.98. The summed E-state index contributed by atoms with van der Waals surface area (Å²) in [7, 11) is 0. The zero-order chi connectivity index (χ0) is 11.2. The molecule has 2 rings (SSSR count). The van der Waals surface area contributed by atoms with Crippen molar-refractivity contribution < 1.29 is 0 Å². The molecule has 16 heavy (non-hydrogen) atoms. The number of rotatable bonds is 5. The van der Waals surface area contributed by atoms with E-state index in [0.29, 0.717) is 0 Å². The van der Waals surface area contributed by atoms with Crippen LogP contribution < -0.4 is 0 Å². The van der Waals surface area contributed by atoms with E-state index in [1.807, 2.05) is 6.07 Å². The lowest BCUT2D eigenvalue weighted by Crippen LogP contribution is -1.90. The zero-order valence-electron chi connectivity index (χ0n) is 9.70. The number of thiophene rings is 1. The van der Waals surface area contributed by atoms with Gasteiger partial charge in [0, 0.05) is 10.3 Å². The topological polar surface area (TPSA) is 0 Å². The van der Waals surface area contributed by atoms with Crippen LogP contribution in [-0.2, 0) is 12.8 Å². The lowest BCUT2D eigenvalue weighted by Gasteiger charge is -2.04. The highest BCUT2D eigenvalue weighted by atomic mass is 32.1. The van der Waals surface area contributed by atoms with Crippen molar-refractivity contribution in [3.8, 4) is 0 Å². The van der Waals surface area contributed by atoms with Crippen molar-refractivity contribution in [1.82, 2.24) is 0 Å². The van der Waals surface area contributed by atoms with E-state index in [4.69, 9.17) is 0 Å². The van der Waals surface area contributed by atoms with Crippen LogP contribution in [0.15, 0.2) is 36.4 Å². The Morgan fingerprint density at radius 1 is 1.06 bits per heavy atom. The van der Waals surface area contributed by atoms with Gasteiger partial charge >= 0.3 is 0 Å². The van der Waals surface area contributed by atoms with E-state index >= 15 is 0 Å². The summed E-state index contributed by atoms with van der Waals surface area (Å²) in [6, 6.07) is 12.9. The molecule has 1 heteroatoms. The van der Waals surface area contributed by atoms with Gasteiger partial charge in [0.15, 0.2) is 0 Å². The van der Waals surface area contributed by atoms with Crippen LogP contribution in [0, 0.1) is 12.3 Å². The van der Waals surface area contributed by atoms with Crippen LogP contribution in [-0.4, -0.2) is 0 Å². The molecule has 1 heterocycles. The van der Waals surface area contributed by atoms with E-state index in [1.54, 1.807) is 11.3 Å². The van der Waals surface area contributed by atoms with E-state index < -0.39 is 0 Å². The minimum atomic E-state index is 1.21. The average molecular weight is 229 g/mol. The molecule has 0 saturated carbocycles. The third-order valence-electron chi connectivity index (χ3n) is 2.91. The van der Waals surface area contributed by atoms with Crippen LogP contribution in [0.5, 0.6) is 0 Å². The van der Waals surface area contributed by atoms with Crippen LogP contribution in [0.3, 0.4) is 0 Å². The van der Waals surface area contributed by atoms with E-state index in [9.17, 15) is 0 Å². The fourth-order valence-corrected chi connectivity index (χ4v) is 2.58. The fourth-order valence-electron chi connectivity index (χ4n) is 1.91. The number of hydrogen-bond donors (Lipinski definition) is 0. The Bertz CT molecular complexity index is 415. The predicted octanol–water partition coefficient (Wildman–Crippen LogP) is 4.42. The van der Waals surface area contributed by atoms with Gasteiger partial charge in [-0.05, 0) is 55.9 Å². The normalized spacial score (nSPS) is 10.6. The molecule has 1 aromatic carbocycles. The highest BCUT2D eigenvalue weighted by Gasteiger charge is 1.98. The Morgan fingerprint density at radius 2 is 1.88 bits per heavy atom. The van der Waals surface area contributed by atoms with Crippen LogP contribution in [0.1, 0.15) is 28.8 Å². The third kappa shape index (κ3) is 3.21. The summed E-state index contributed by atoms with van der Waals surface area (Å²) in [5, 5.41) is 3.14. The van der Waals surface area contributed by atoms with Crippen molar-refractivity contribution in [2.24, 2.45) is 0 Å². The van der Waals surface area contributed by atoms with Crippen LogP contribution in [0.4, 0.5) is 0 Å². The number of aryl methyl sites for hydroxylation is 3. The second-order valence-corrected chi connectivity index (χ2v) is 5.12. The summed E-state index contributed by atoms with van der Waals surface area (Å²) < 4.78 is 0. The van der Waals surface area contributed by atoms with Gasteiger partial charge in [-0.2, -0.15) is 0 Å². The molecule has 0 saturated heterocycles. The van der Waals surface area contributed by atoms with Gasteiger partial charge in [-0.3, -0.25) is 0 Å². The Morgan fingerprint density at radius 3 is 2.62 bits per heavy atom. The van der Waals surface area contributed by atoms with Crippen molar-refractivity contribution >= 4 is 11.3 Å². The molecule has 0 nitrogen and oxygen atoms in total. The van der Waals surface area contributed by atoms with Crippen molar-refractivity contribution in [3.05, 3.63) is 57.8 Å². The van der Waals surface area contributed by atoms with Gasteiger partial charge in [-0.25, -0.2) is 0 Å². The predicted molar refractivity (Wildman–Crippen MR) is 71.0 cm³/mol. The van der Waals surface area contributed by atoms with Crippen molar-refractivity contribution in [1.29, 1.82) is 0 Å². The first kappa shape index (κ1) is 11.4. The average Bonchev–Trinajstić information content (AvgIpc) is 2.79. The number of unbranched alkanes of at least 4 members (excludes halogenated alkanes) is 1. The van der Waals surface area contributed by atoms with Crippen molar-refractivity contribution in [3.63, 3.8) is 0 Å². The minimum absolute atomic E-state index is 1.21. The largest absolute Gasteiger partial charge is 0.139 e. The number of benzene rings is 1. The highest BCUT2D eigenvalue weighted by Crippen LogP contribution is 2.14. The molecular formula is C15H17S. The zero-order valence-corrected chi connectivity index (χ0v) is 10.5. The van der Waals surface area contributed by atoms with Gasteiger partial charge in [-0.1, -0.05) is 24.3 Å². The third-order valence-corrected chi connectivity index (χ3v) is 3.76. The molecule has 0 fully saturated rings. The van der Waals surface area contributed by atoms with Crippen LogP contribution in [0.25, 0.3) is 0 Å². The van der Waals surface area contributed by atoms with E-state index in [-0.39, 0.29) is 0 Å². The summed E-state index contributed by atoms with van der Waals surface area (Å²) in [5.41, 5.74) is 2.92. The smallest absolute Gasteiger partial charge is 0.0445 e. The van der Waals surface area contributed by atoms with E-state index in [1.165, 1.54) is 41.7 Å². The van der Waals surface area contributed by atoms with Gasteiger partial charge in [-0.15, -0.1) is 11.3 Å². The molecular weight excluding hydrogens is 212 g/mol. The Balaban J connectivity index is 1.74.